The molecule has 0 spiro atoms. The minimum absolute atomic E-state index is 0.0174. The summed E-state index contributed by atoms with van der Waals surface area (Å²) in [4.78, 5) is 0. The molecule has 14 heavy (non-hydrogen) atoms. The molecule has 4 nitrogen and oxygen atoms in total. The number of aliphatic hydroxyl groups is 1. The van der Waals surface area contributed by atoms with Crippen molar-refractivity contribution in [3.05, 3.63) is 0 Å². The van der Waals surface area contributed by atoms with E-state index in [1.54, 1.807) is 0 Å². The van der Waals surface area contributed by atoms with Crippen LogP contribution in [0.3, 0.4) is 0 Å². The van der Waals surface area contributed by atoms with Crippen LogP contribution >= 0.6 is 0 Å². The van der Waals surface area contributed by atoms with Crippen molar-refractivity contribution < 1.29 is 14.6 Å². The number of hydrogen-bond donors (Lipinski definition) is 2. The molecule has 1 rings (SSSR count). The number of hydrogen-bond acceptors (Lipinski definition) is 4. The summed E-state index contributed by atoms with van der Waals surface area (Å²) < 4.78 is 10.5. The molecular formula is C10H21NO3. The maximum Gasteiger partial charge on any atom is 0.147 e. The first-order chi connectivity index (χ1) is 6.64. The van der Waals surface area contributed by atoms with Crippen LogP contribution in [0.5, 0.6) is 0 Å². The molecule has 0 saturated carbocycles. The Kier molecular flexibility index (Phi) is 4.81. The van der Waals surface area contributed by atoms with Gasteiger partial charge in [-0.2, -0.15) is 0 Å². The van der Waals surface area contributed by atoms with Crippen molar-refractivity contribution in [2.45, 2.75) is 38.3 Å². The number of rotatable bonds is 5. The molecule has 0 aliphatic carbocycles. The van der Waals surface area contributed by atoms with Gasteiger partial charge in [0.2, 0.25) is 0 Å². The lowest BCUT2D eigenvalue weighted by atomic mass is 10.0. The van der Waals surface area contributed by atoms with Crippen LogP contribution in [0.4, 0.5) is 0 Å². The Bertz CT molecular complexity index is 155. The van der Waals surface area contributed by atoms with Gasteiger partial charge in [0.25, 0.3) is 0 Å². The first-order valence-electron chi connectivity index (χ1n) is 5.19. The van der Waals surface area contributed by atoms with E-state index >= 15 is 0 Å². The highest BCUT2D eigenvalue weighted by atomic mass is 16.7. The third kappa shape index (κ3) is 4.37. The van der Waals surface area contributed by atoms with Gasteiger partial charge in [-0.15, -0.1) is 0 Å². The van der Waals surface area contributed by atoms with Gasteiger partial charge in [-0.3, -0.25) is 0 Å². The molecule has 1 aliphatic rings. The Morgan fingerprint density at radius 1 is 1.50 bits per heavy atom. The van der Waals surface area contributed by atoms with E-state index in [9.17, 15) is 0 Å². The molecule has 2 N–H and O–H groups in total. The zero-order valence-corrected chi connectivity index (χ0v) is 9.08. The molecule has 1 saturated heterocycles. The predicted octanol–water partition coefficient (Wildman–Crippen LogP) is 0.500. The van der Waals surface area contributed by atoms with Crippen LogP contribution in [-0.4, -0.2) is 43.3 Å². The van der Waals surface area contributed by atoms with Crippen molar-refractivity contribution in [3.8, 4) is 0 Å². The zero-order chi connectivity index (χ0) is 10.4. The van der Waals surface area contributed by atoms with Gasteiger partial charge in [-0.05, 0) is 26.7 Å². The van der Waals surface area contributed by atoms with Crippen LogP contribution in [0.1, 0.15) is 26.7 Å². The van der Waals surface area contributed by atoms with E-state index in [1.165, 1.54) is 0 Å². The average Bonchev–Trinajstić information content (AvgIpc) is 2.17. The average molecular weight is 203 g/mol. The van der Waals surface area contributed by atoms with Crippen LogP contribution in [-0.2, 0) is 9.47 Å². The van der Waals surface area contributed by atoms with E-state index in [1.807, 2.05) is 0 Å². The largest absolute Gasteiger partial charge is 0.396 e. The van der Waals surface area contributed by atoms with Gasteiger partial charge in [-0.25, -0.2) is 0 Å². The monoisotopic (exact) mass is 203 g/mol. The summed E-state index contributed by atoms with van der Waals surface area (Å²) in [5, 5.41) is 12.2. The van der Waals surface area contributed by atoms with Gasteiger partial charge in [0.15, 0.2) is 0 Å². The SMILES string of the molecule is CC(C)(CCO)NCC1CCOCO1. The highest BCUT2D eigenvalue weighted by Gasteiger charge is 2.20. The van der Waals surface area contributed by atoms with E-state index in [0.717, 1.165) is 26.0 Å². The molecule has 0 aromatic heterocycles. The van der Waals surface area contributed by atoms with E-state index in [-0.39, 0.29) is 18.2 Å². The second-order valence-electron chi connectivity index (χ2n) is 4.34. The molecule has 1 atom stereocenters. The van der Waals surface area contributed by atoms with Crippen molar-refractivity contribution in [2.24, 2.45) is 0 Å². The maximum absolute atomic E-state index is 8.85. The van der Waals surface area contributed by atoms with Crippen molar-refractivity contribution in [1.82, 2.24) is 5.32 Å². The Hall–Kier alpha value is -0.160. The Morgan fingerprint density at radius 3 is 2.86 bits per heavy atom. The molecule has 0 aromatic carbocycles. The third-order valence-corrected chi connectivity index (χ3v) is 2.52. The molecule has 1 aliphatic heterocycles. The van der Waals surface area contributed by atoms with Gasteiger partial charge in [0.05, 0.1) is 12.7 Å². The van der Waals surface area contributed by atoms with Gasteiger partial charge >= 0.3 is 0 Å². The molecule has 0 amide bonds. The second-order valence-corrected chi connectivity index (χ2v) is 4.34. The summed E-state index contributed by atoms with van der Waals surface area (Å²) in [6, 6.07) is 0. The van der Waals surface area contributed by atoms with E-state index in [4.69, 9.17) is 14.6 Å². The molecular weight excluding hydrogens is 182 g/mol. The van der Waals surface area contributed by atoms with Gasteiger partial charge in [0, 0.05) is 18.7 Å². The molecule has 0 bridgehead atoms. The first kappa shape index (κ1) is 11.9. The molecule has 84 valence electrons. The fraction of sp³-hybridized carbons (Fsp3) is 1.00. The smallest absolute Gasteiger partial charge is 0.147 e. The molecule has 1 unspecified atom stereocenters. The first-order valence-corrected chi connectivity index (χ1v) is 5.19. The zero-order valence-electron chi connectivity index (χ0n) is 9.08. The van der Waals surface area contributed by atoms with Crippen LogP contribution in [0.15, 0.2) is 0 Å². The topological polar surface area (TPSA) is 50.7 Å². The van der Waals surface area contributed by atoms with Gasteiger partial charge in [-0.1, -0.05) is 0 Å². The minimum Gasteiger partial charge on any atom is -0.396 e. The van der Waals surface area contributed by atoms with Crippen LogP contribution in [0.2, 0.25) is 0 Å². The lowest BCUT2D eigenvalue weighted by Gasteiger charge is -2.30. The summed E-state index contributed by atoms with van der Waals surface area (Å²) in [6.07, 6.45) is 1.96. The predicted molar refractivity (Wildman–Crippen MR) is 54.1 cm³/mol. The van der Waals surface area contributed by atoms with Crippen molar-refractivity contribution in [1.29, 1.82) is 0 Å². The quantitative estimate of drug-likeness (QED) is 0.683. The van der Waals surface area contributed by atoms with E-state index < -0.39 is 0 Å². The summed E-state index contributed by atoms with van der Waals surface area (Å²) >= 11 is 0. The van der Waals surface area contributed by atoms with Crippen molar-refractivity contribution >= 4 is 0 Å². The van der Waals surface area contributed by atoms with Gasteiger partial charge in [0.1, 0.15) is 6.79 Å². The number of ether oxygens (including phenoxy) is 2. The second kappa shape index (κ2) is 5.66. The van der Waals surface area contributed by atoms with E-state index in [2.05, 4.69) is 19.2 Å². The summed E-state index contributed by atoms with van der Waals surface area (Å²) in [5.74, 6) is 0. The molecule has 0 aromatic rings. The normalized spacial score (nSPS) is 23.8. The highest BCUT2D eigenvalue weighted by Crippen LogP contribution is 2.10. The van der Waals surface area contributed by atoms with Crippen LogP contribution < -0.4 is 5.32 Å². The Balaban J connectivity index is 2.17. The standard InChI is InChI=1S/C10H21NO3/c1-10(2,4-5-12)11-7-9-3-6-13-8-14-9/h9,11-12H,3-8H2,1-2H3. The fourth-order valence-electron chi connectivity index (χ4n) is 1.42. The maximum atomic E-state index is 8.85. The highest BCUT2D eigenvalue weighted by molar-refractivity contribution is 4.79. The number of aliphatic hydroxyl groups excluding tert-OH is 1. The van der Waals surface area contributed by atoms with E-state index in [0.29, 0.717) is 6.79 Å². The summed E-state index contributed by atoms with van der Waals surface area (Å²) in [7, 11) is 0. The summed E-state index contributed by atoms with van der Waals surface area (Å²) in [5.41, 5.74) is -0.0174. The molecule has 4 heteroatoms. The van der Waals surface area contributed by atoms with Gasteiger partial charge < -0.3 is 19.9 Å². The van der Waals surface area contributed by atoms with Crippen molar-refractivity contribution in [3.63, 3.8) is 0 Å². The Labute approximate surface area is 85.6 Å². The minimum atomic E-state index is -0.0174. The lowest BCUT2D eigenvalue weighted by Crippen LogP contribution is -2.45. The molecule has 1 fully saturated rings. The molecule has 1 heterocycles. The lowest BCUT2D eigenvalue weighted by molar-refractivity contribution is -0.138. The number of nitrogens with one attached hydrogen (secondary N) is 1. The Morgan fingerprint density at radius 2 is 2.29 bits per heavy atom. The van der Waals surface area contributed by atoms with Crippen LogP contribution in [0.25, 0.3) is 0 Å². The van der Waals surface area contributed by atoms with Crippen LogP contribution in [0, 0.1) is 0 Å². The molecule has 0 radical (unpaired) electrons. The van der Waals surface area contributed by atoms with Crippen molar-refractivity contribution in [2.75, 3.05) is 26.6 Å². The third-order valence-electron chi connectivity index (χ3n) is 2.52. The fourth-order valence-corrected chi connectivity index (χ4v) is 1.42. The summed E-state index contributed by atoms with van der Waals surface area (Å²) in [6.45, 7) is 6.41.